The molecule has 7 heteroatoms. The predicted molar refractivity (Wildman–Crippen MR) is 115 cm³/mol. The van der Waals surface area contributed by atoms with Crippen LogP contribution in [0.4, 0.5) is 4.79 Å². The van der Waals surface area contributed by atoms with E-state index >= 15 is 0 Å². The van der Waals surface area contributed by atoms with Crippen molar-refractivity contribution in [2.45, 2.75) is 39.3 Å². The number of nitrogens with one attached hydrogen (secondary N) is 1. The maximum atomic E-state index is 13.0. The lowest BCUT2D eigenvalue weighted by Gasteiger charge is -2.29. The van der Waals surface area contributed by atoms with Crippen molar-refractivity contribution in [3.8, 4) is 23.0 Å². The lowest BCUT2D eigenvalue weighted by molar-refractivity contribution is 0.173. The molecule has 0 atom stereocenters. The van der Waals surface area contributed by atoms with E-state index in [-0.39, 0.29) is 18.4 Å². The molecule has 2 aromatic rings. The van der Waals surface area contributed by atoms with Crippen molar-refractivity contribution in [3.63, 3.8) is 0 Å². The highest BCUT2D eigenvalue weighted by Gasteiger charge is 2.21. The van der Waals surface area contributed by atoms with Crippen molar-refractivity contribution >= 4 is 6.03 Å². The van der Waals surface area contributed by atoms with Crippen molar-refractivity contribution in [1.82, 2.24) is 10.2 Å². The van der Waals surface area contributed by atoms with Crippen molar-refractivity contribution in [3.05, 3.63) is 47.5 Å². The molecule has 7 nitrogen and oxygen atoms in total. The Morgan fingerprint density at radius 1 is 1.00 bits per heavy atom. The molecule has 1 aliphatic heterocycles. The van der Waals surface area contributed by atoms with Crippen LogP contribution in [0.3, 0.4) is 0 Å². The second-order valence-corrected chi connectivity index (χ2v) is 8.23. The largest absolute Gasteiger partial charge is 0.493 e. The van der Waals surface area contributed by atoms with Gasteiger partial charge in [0.05, 0.1) is 14.2 Å². The molecule has 1 aliphatic rings. The highest BCUT2D eigenvalue weighted by molar-refractivity contribution is 5.75. The number of rotatable bonds is 7. The number of benzene rings is 2. The van der Waals surface area contributed by atoms with E-state index in [2.05, 4.69) is 5.32 Å². The van der Waals surface area contributed by atoms with E-state index in [0.29, 0.717) is 36.8 Å². The third kappa shape index (κ3) is 5.49. The van der Waals surface area contributed by atoms with Gasteiger partial charge in [-0.1, -0.05) is 12.1 Å². The molecule has 0 saturated carbocycles. The van der Waals surface area contributed by atoms with Gasteiger partial charge in [-0.3, -0.25) is 0 Å². The van der Waals surface area contributed by atoms with E-state index < -0.39 is 0 Å². The predicted octanol–water partition coefficient (Wildman–Crippen LogP) is 3.99. The number of amides is 2. The van der Waals surface area contributed by atoms with Gasteiger partial charge in [0.2, 0.25) is 6.79 Å². The quantitative estimate of drug-likeness (QED) is 0.742. The van der Waals surface area contributed by atoms with Gasteiger partial charge < -0.3 is 29.2 Å². The van der Waals surface area contributed by atoms with Crippen LogP contribution in [-0.4, -0.2) is 44.0 Å². The molecular weight excluding hydrogens is 384 g/mol. The maximum Gasteiger partial charge on any atom is 0.318 e. The topological polar surface area (TPSA) is 69.3 Å². The van der Waals surface area contributed by atoms with Gasteiger partial charge >= 0.3 is 6.03 Å². The lowest BCUT2D eigenvalue weighted by atomic mass is 10.1. The van der Waals surface area contributed by atoms with Gasteiger partial charge in [0.25, 0.3) is 0 Å². The summed E-state index contributed by atoms with van der Waals surface area (Å²) in [5, 5.41) is 3.06. The van der Waals surface area contributed by atoms with Gasteiger partial charge in [0.1, 0.15) is 0 Å². The molecule has 2 amide bonds. The molecule has 3 rings (SSSR count). The molecule has 30 heavy (non-hydrogen) atoms. The minimum Gasteiger partial charge on any atom is -0.493 e. The summed E-state index contributed by atoms with van der Waals surface area (Å²) in [6.45, 7) is 7.15. The van der Waals surface area contributed by atoms with Crippen LogP contribution in [0.1, 0.15) is 31.9 Å². The molecule has 162 valence electrons. The molecule has 1 heterocycles. The van der Waals surface area contributed by atoms with Gasteiger partial charge in [-0.2, -0.15) is 0 Å². The third-order valence-electron chi connectivity index (χ3n) is 4.70. The molecule has 0 aliphatic carbocycles. The first-order valence-electron chi connectivity index (χ1n) is 9.95. The van der Waals surface area contributed by atoms with Gasteiger partial charge in [0, 0.05) is 18.6 Å². The van der Waals surface area contributed by atoms with Crippen LogP contribution in [0.5, 0.6) is 23.0 Å². The normalized spacial score (nSPS) is 12.4. The molecule has 0 unspecified atom stereocenters. The minimum absolute atomic E-state index is 0.111. The summed E-state index contributed by atoms with van der Waals surface area (Å²) in [6, 6.07) is 11.5. The summed E-state index contributed by atoms with van der Waals surface area (Å²) < 4.78 is 21.5. The Bertz CT molecular complexity index is 892. The average molecular weight is 415 g/mol. The fourth-order valence-corrected chi connectivity index (χ4v) is 3.21. The highest BCUT2D eigenvalue weighted by Crippen LogP contribution is 2.33. The van der Waals surface area contributed by atoms with Crippen LogP contribution < -0.4 is 24.3 Å². The van der Waals surface area contributed by atoms with E-state index in [1.165, 1.54) is 0 Å². The van der Waals surface area contributed by atoms with Gasteiger partial charge in [-0.25, -0.2) is 4.79 Å². The monoisotopic (exact) mass is 414 g/mol. The molecule has 0 saturated heterocycles. The first-order valence-corrected chi connectivity index (χ1v) is 9.95. The number of methoxy groups -OCH3 is 2. The Hall–Kier alpha value is -3.09. The van der Waals surface area contributed by atoms with E-state index in [1.54, 1.807) is 19.1 Å². The first kappa shape index (κ1) is 21.6. The minimum atomic E-state index is -0.326. The van der Waals surface area contributed by atoms with Crippen LogP contribution in [0.15, 0.2) is 36.4 Å². The standard InChI is InChI=1S/C23H30N2O5/c1-23(2,3)24-22(26)25(14-17-7-9-19-21(13-17)30-15-29-19)11-10-16-6-8-18(27-4)20(12-16)28-5/h6-9,12-13H,10-11,14-15H2,1-5H3,(H,24,26). The maximum absolute atomic E-state index is 13.0. The Morgan fingerprint density at radius 2 is 1.70 bits per heavy atom. The van der Waals surface area contributed by atoms with Crippen molar-refractivity contribution in [2.24, 2.45) is 0 Å². The molecular formula is C23H30N2O5. The fraction of sp³-hybridized carbons (Fsp3) is 0.435. The van der Waals surface area contributed by atoms with Gasteiger partial charge in [-0.05, 0) is 62.6 Å². The number of hydrogen-bond donors (Lipinski definition) is 1. The van der Waals surface area contributed by atoms with Crippen LogP contribution in [-0.2, 0) is 13.0 Å². The molecule has 0 radical (unpaired) electrons. The SMILES string of the molecule is COc1ccc(CCN(Cc2ccc3c(c2)OCO3)C(=O)NC(C)(C)C)cc1OC. The summed E-state index contributed by atoms with van der Waals surface area (Å²) in [7, 11) is 3.23. The van der Waals surface area contributed by atoms with E-state index in [0.717, 1.165) is 16.9 Å². The third-order valence-corrected chi connectivity index (χ3v) is 4.70. The molecule has 0 fully saturated rings. The Kier molecular flexibility index (Phi) is 6.59. The van der Waals surface area contributed by atoms with Crippen LogP contribution in [0.25, 0.3) is 0 Å². The summed E-state index contributed by atoms with van der Waals surface area (Å²) in [4.78, 5) is 14.8. The highest BCUT2D eigenvalue weighted by atomic mass is 16.7. The van der Waals surface area contributed by atoms with E-state index in [9.17, 15) is 4.79 Å². The molecule has 0 bridgehead atoms. The summed E-state index contributed by atoms with van der Waals surface area (Å²) in [5.74, 6) is 2.80. The number of ether oxygens (including phenoxy) is 4. The lowest BCUT2D eigenvalue weighted by Crippen LogP contribution is -2.48. The Labute approximate surface area is 177 Å². The van der Waals surface area contributed by atoms with Crippen molar-refractivity contribution in [1.29, 1.82) is 0 Å². The summed E-state index contributed by atoms with van der Waals surface area (Å²) >= 11 is 0. The second kappa shape index (κ2) is 9.15. The summed E-state index contributed by atoms with van der Waals surface area (Å²) in [6.07, 6.45) is 0.683. The number of urea groups is 1. The smallest absolute Gasteiger partial charge is 0.318 e. The second-order valence-electron chi connectivity index (χ2n) is 8.23. The number of nitrogens with zero attached hydrogens (tertiary/aromatic N) is 1. The van der Waals surface area contributed by atoms with Crippen LogP contribution in [0.2, 0.25) is 0 Å². The van der Waals surface area contributed by atoms with Crippen molar-refractivity contribution in [2.75, 3.05) is 27.6 Å². The fourth-order valence-electron chi connectivity index (χ4n) is 3.21. The number of carbonyl (C=O) groups is 1. The molecule has 0 spiro atoms. The number of fused-ring (bicyclic) bond motifs is 1. The van der Waals surface area contributed by atoms with Gasteiger partial charge in [-0.15, -0.1) is 0 Å². The van der Waals surface area contributed by atoms with Gasteiger partial charge in [0.15, 0.2) is 23.0 Å². The zero-order chi connectivity index (χ0) is 21.7. The summed E-state index contributed by atoms with van der Waals surface area (Å²) in [5.41, 5.74) is 1.72. The van der Waals surface area contributed by atoms with Crippen LogP contribution >= 0.6 is 0 Å². The number of carbonyl (C=O) groups excluding carboxylic acids is 1. The Morgan fingerprint density at radius 3 is 2.40 bits per heavy atom. The van der Waals surface area contributed by atoms with E-state index in [1.807, 2.05) is 57.2 Å². The average Bonchev–Trinajstić information content (AvgIpc) is 3.17. The molecule has 2 aromatic carbocycles. The molecule has 0 aromatic heterocycles. The van der Waals surface area contributed by atoms with Crippen LogP contribution in [0, 0.1) is 0 Å². The Balaban J connectivity index is 1.75. The molecule has 1 N–H and O–H groups in total. The zero-order valence-electron chi connectivity index (χ0n) is 18.3. The first-order chi connectivity index (χ1) is 14.3. The zero-order valence-corrected chi connectivity index (χ0v) is 18.3. The van der Waals surface area contributed by atoms with Crippen molar-refractivity contribution < 1.29 is 23.7 Å². The van der Waals surface area contributed by atoms with E-state index in [4.69, 9.17) is 18.9 Å². The number of hydrogen-bond acceptors (Lipinski definition) is 5.